The largest absolute Gasteiger partial charge is 0.396 e. The molecule has 0 saturated carbocycles. The molecular weight excluding hydrogens is 240 g/mol. The van der Waals surface area contributed by atoms with Crippen molar-refractivity contribution in [2.75, 3.05) is 6.61 Å². The van der Waals surface area contributed by atoms with Crippen molar-refractivity contribution in [2.24, 2.45) is 0 Å². The summed E-state index contributed by atoms with van der Waals surface area (Å²) in [6, 6.07) is 3.46. The van der Waals surface area contributed by atoms with E-state index < -0.39 is 23.1 Å². The third-order valence-electron chi connectivity index (χ3n) is 3.06. The molecule has 18 heavy (non-hydrogen) atoms. The molecule has 2 N–H and O–H groups in total. The van der Waals surface area contributed by atoms with Gasteiger partial charge in [-0.15, -0.1) is 0 Å². The van der Waals surface area contributed by atoms with Gasteiger partial charge in [0.2, 0.25) is 0 Å². The maximum atomic E-state index is 13.4. The van der Waals surface area contributed by atoms with Crippen LogP contribution < -0.4 is 5.32 Å². The van der Waals surface area contributed by atoms with Crippen LogP contribution in [0.25, 0.3) is 0 Å². The SMILES string of the molecule is CCC(C)(CCO)NC(=O)c1cccc(F)c1F. The number of halogens is 2. The van der Waals surface area contributed by atoms with Crippen molar-refractivity contribution in [3.05, 3.63) is 35.4 Å². The first-order chi connectivity index (χ1) is 8.43. The number of rotatable bonds is 5. The van der Waals surface area contributed by atoms with Crippen LogP contribution in [0.1, 0.15) is 37.0 Å². The number of aliphatic hydroxyl groups excluding tert-OH is 1. The van der Waals surface area contributed by atoms with E-state index in [9.17, 15) is 13.6 Å². The van der Waals surface area contributed by atoms with Crippen LogP contribution in [0.4, 0.5) is 8.78 Å². The van der Waals surface area contributed by atoms with Crippen molar-refractivity contribution in [3.63, 3.8) is 0 Å². The Labute approximate surface area is 105 Å². The fraction of sp³-hybridized carbons (Fsp3) is 0.462. The van der Waals surface area contributed by atoms with E-state index in [0.29, 0.717) is 12.8 Å². The van der Waals surface area contributed by atoms with Gasteiger partial charge in [-0.3, -0.25) is 4.79 Å². The Bertz CT molecular complexity index is 437. The molecule has 0 aliphatic carbocycles. The molecule has 0 spiro atoms. The minimum atomic E-state index is -1.16. The van der Waals surface area contributed by atoms with Crippen molar-refractivity contribution >= 4 is 5.91 Å². The maximum absolute atomic E-state index is 13.4. The predicted octanol–water partition coefficient (Wildman–Crippen LogP) is 2.25. The van der Waals surface area contributed by atoms with Crippen LogP contribution in [0.5, 0.6) is 0 Å². The number of hydrogen-bond donors (Lipinski definition) is 2. The number of amides is 1. The zero-order valence-electron chi connectivity index (χ0n) is 10.5. The highest BCUT2D eigenvalue weighted by Crippen LogP contribution is 2.17. The number of aliphatic hydroxyl groups is 1. The Hall–Kier alpha value is -1.49. The van der Waals surface area contributed by atoms with Gasteiger partial charge in [-0.05, 0) is 31.9 Å². The first kappa shape index (κ1) is 14.6. The van der Waals surface area contributed by atoms with E-state index in [2.05, 4.69) is 5.32 Å². The topological polar surface area (TPSA) is 49.3 Å². The average Bonchev–Trinajstić information content (AvgIpc) is 2.32. The van der Waals surface area contributed by atoms with Gasteiger partial charge in [0, 0.05) is 12.1 Å². The van der Waals surface area contributed by atoms with E-state index in [0.717, 1.165) is 6.07 Å². The Morgan fingerprint density at radius 2 is 2.11 bits per heavy atom. The van der Waals surface area contributed by atoms with Crippen molar-refractivity contribution < 1.29 is 18.7 Å². The zero-order chi connectivity index (χ0) is 13.8. The number of nitrogens with one attached hydrogen (secondary N) is 1. The Morgan fingerprint density at radius 1 is 1.44 bits per heavy atom. The smallest absolute Gasteiger partial charge is 0.254 e. The van der Waals surface area contributed by atoms with E-state index in [-0.39, 0.29) is 12.2 Å². The normalized spacial score (nSPS) is 14.1. The van der Waals surface area contributed by atoms with Crippen LogP contribution in [0.15, 0.2) is 18.2 Å². The van der Waals surface area contributed by atoms with Crippen LogP contribution >= 0.6 is 0 Å². The minimum absolute atomic E-state index is 0.0871. The molecule has 0 bridgehead atoms. The van der Waals surface area contributed by atoms with Gasteiger partial charge in [0.05, 0.1) is 5.56 Å². The lowest BCUT2D eigenvalue weighted by atomic mass is 9.94. The van der Waals surface area contributed by atoms with Gasteiger partial charge in [-0.2, -0.15) is 0 Å². The van der Waals surface area contributed by atoms with Gasteiger partial charge in [-0.1, -0.05) is 13.0 Å². The molecule has 1 amide bonds. The molecule has 0 saturated heterocycles. The summed E-state index contributed by atoms with van der Waals surface area (Å²) < 4.78 is 26.4. The van der Waals surface area contributed by atoms with Gasteiger partial charge in [0.25, 0.3) is 5.91 Å². The van der Waals surface area contributed by atoms with Crippen LogP contribution in [0, 0.1) is 11.6 Å². The fourth-order valence-electron chi connectivity index (χ4n) is 1.60. The lowest BCUT2D eigenvalue weighted by Gasteiger charge is -2.29. The minimum Gasteiger partial charge on any atom is -0.396 e. The second-order valence-electron chi connectivity index (χ2n) is 4.44. The van der Waals surface area contributed by atoms with Gasteiger partial charge in [0.1, 0.15) is 0 Å². The monoisotopic (exact) mass is 257 g/mol. The number of carbonyl (C=O) groups is 1. The third kappa shape index (κ3) is 3.26. The summed E-state index contributed by atoms with van der Waals surface area (Å²) in [5, 5.41) is 11.6. The second-order valence-corrected chi connectivity index (χ2v) is 4.44. The number of benzene rings is 1. The van der Waals surface area contributed by atoms with E-state index in [4.69, 9.17) is 5.11 Å². The Balaban J connectivity index is 2.91. The first-order valence-electron chi connectivity index (χ1n) is 5.81. The molecule has 1 unspecified atom stereocenters. The summed E-state index contributed by atoms with van der Waals surface area (Å²) in [7, 11) is 0. The summed E-state index contributed by atoms with van der Waals surface area (Å²) in [4.78, 5) is 11.9. The van der Waals surface area contributed by atoms with E-state index in [1.807, 2.05) is 6.92 Å². The molecule has 1 rings (SSSR count). The molecule has 0 aromatic heterocycles. The van der Waals surface area contributed by atoms with Crippen LogP contribution in [0.3, 0.4) is 0 Å². The van der Waals surface area contributed by atoms with Crippen LogP contribution in [-0.2, 0) is 0 Å². The van der Waals surface area contributed by atoms with Gasteiger partial charge < -0.3 is 10.4 Å². The molecule has 0 aliphatic rings. The van der Waals surface area contributed by atoms with Gasteiger partial charge in [0.15, 0.2) is 11.6 Å². The quantitative estimate of drug-likeness (QED) is 0.850. The molecule has 0 heterocycles. The van der Waals surface area contributed by atoms with Gasteiger partial charge >= 0.3 is 0 Å². The maximum Gasteiger partial charge on any atom is 0.254 e. The summed E-state index contributed by atoms with van der Waals surface area (Å²) in [6.45, 7) is 3.51. The Morgan fingerprint density at radius 3 is 2.67 bits per heavy atom. The first-order valence-corrected chi connectivity index (χ1v) is 5.81. The highest BCUT2D eigenvalue weighted by molar-refractivity contribution is 5.94. The average molecular weight is 257 g/mol. The molecule has 1 aromatic rings. The van der Waals surface area contributed by atoms with Crippen LogP contribution in [0.2, 0.25) is 0 Å². The molecule has 1 atom stereocenters. The van der Waals surface area contributed by atoms with E-state index >= 15 is 0 Å². The van der Waals surface area contributed by atoms with Gasteiger partial charge in [-0.25, -0.2) is 8.78 Å². The van der Waals surface area contributed by atoms with Crippen LogP contribution in [-0.4, -0.2) is 23.2 Å². The lowest BCUT2D eigenvalue weighted by molar-refractivity contribution is 0.0881. The molecule has 0 radical (unpaired) electrons. The molecule has 3 nitrogen and oxygen atoms in total. The summed E-state index contributed by atoms with van der Waals surface area (Å²) in [5.74, 6) is -2.88. The fourth-order valence-corrected chi connectivity index (χ4v) is 1.60. The highest BCUT2D eigenvalue weighted by Gasteiger charge is 2.26. The van der Waals surface area contributed by atoms with E-state index in [1.165, 1.54) is 12.1 Å². The lowest BCUT2D eigenvalue weighted by Crippen LogP contribution is -2.46. The zero-order valence-corrected chi connectivity index (χ0v) is 10.5. The molecule has 1 aromatic carbocycles. The van der Waals surface area contributed by atoms with Crippen molar-refractivity contribution in [3.8, 4) is 0 Å². The third-order valence-corrected chi connectivity index (χ3v) is 3.06. The number of hydrogen-bond acceptors (Lipinski definition) is 2. The number of carbonyl (C=O) groups excluding carboxylic acids is 1. The van der Waals surface area contributed by atoms with Crippen molar-refractivity contribution in [1.82, 2.24) is 5.32 Å². The molecule has 5 heteroatoms. The summed E-state index contributed by atoms with van der Waals surface area (Å²) in [5.41, 5.74) is -0.961. The molecule has 0 fully saturated rings. The summed E-state index contributed by atoms with van der Waals surface area (Å²) >= 11 is 0. The van der Waals surface area contributed by atoms with Crippen molar-refractivity contribution in [1.29, 1.82) is 0 Å². The molecule has 100 valence electrons. The Kier molecular flexibility index (Phi) is 4.78. The van der Waals surface area contributed by atoms with E-state index in [1.54, 1.807) is 6.92 Å². The summed E-state index contributed by atoms with van der Waals surface area (Å²) in [6.07, 6.45) is 0.933. The molecular formula is C13H17F2NO2. The second kappa shape index (κ2) is 5.91. The van der Waals surface area contributed by atoms with Crippen molar-refractivity contribution in [2.45, 2.75) is 32.2 Å². The highest BCUT2D eigenvalue weighted by atomic mass is 19.2. The standard InChI is InChI=1S/C13H17F2NO2/c1-3-13(2,7-8-17)16-12(18)9-5-4-6-10(14)11(9)15/h4-6,17H,3,7-8H2,1-2H3,(H,16,18). The molecule has 0 aliphatic heterocycles. The predicted molar refractivity (Wildman–Crippen MR) is 64.2 cm³/mol.